The zero-order valence-electron chi connectivity index (χ0n) is 66.8. The summed E-state index contributed by atoms with van der Waals surface area (Å²) in [6.45, 7) is 7.33. The third kappa shape index (κ3) is 76.3. The normalized spacial score (nSPS) is 13.8. The summed E-state index contributed by atoms with van der Waals surface area (Å²) in [6, 6.07) is 0. The predicted molar refractivity (Wildman–Crippen MR) is 418 cm³/mol. The molecular weight excluding hydrogens is 1330 g/mol. The minimum absolute atomic E-state index is 0.107. The van der Waals surface area contributed by atoms with Gasteiger partial charge in [-0.2, -0.15) is 0 Å². The van der Waals surface area contributed by atoms with Crippen LogP contribution in [0.25, 0.3) is 0 Å². The topological polar surface area (TPSA) is 237 Å². The third-order valence-electron chi connectivity index (χ3n) is 19.5. The molecule has 19 heteroatoms. The lowest BCUT2D eigenvalue weighted by molar-refractivity contribution is -0.161. The summed E-state index contributed by atoms with van der Waals surface area (Å²) in [4.78, 5) is 73.1. The van der Waals surface area contributed by atoms with E-state index in [9.17, 15) is 43.2 Å². The fourth-order valence-electron chi connectivity index (χ4n) is 12.9. The van der Waals surface area contributed by atoms with Gasteiger partial charge in [0.05, 0.1) is 26.4 Å². The number of carbonyl (C=O) groups excluding carboxylic acids is 4. The van der Waals surface area contributed by atoms with Crippen LogP contribution in [0.4, 0.5) is 0 Å². The van der Waals surface area contributed by atoms with Gasteiger partial charge in [-0.25, -0.2) is 9.13 Å². The first-order chi connectivity index (χ1) is 49.5. The van der Waals surface area contributed by atoms with E-state index in [0.717, 1.165) is 95.8 Å². The Morgan fingerprint density at radius 3 is 0.667 bits per heavy atom. The number of hydrogen-bond acceptors (Lipinski definition) is 15. The van der Waals surface area contributed by atoms with Crippen molar-refractivity contribution in [1.29, 1.82) is 0 Å². The molecule has 0 aromatic rings. The van der Waals surface area contributed by atoms with Crippen molar-refractivity contribution in [2.75, 3.05) is 39.6 Å². The minimum atomic E-state index is -4.96. The van der Waals surface area contributed by atoms with Gasteiger partial charge in [-0.15, -0.1) is 0 Å². The molecule has 2 unspecified atom stereocenters. The number of carbonyl (C=O) groups is 4. The largest absolute Gasteiger partial charge is 0.472 e. The van der Waals surface area contributed by atoms with Crippen molar-refractivity contribution >= 4 is 39.5 Å². The zero-order valence-corrected chi connectivity index (χ0v) is 68.5. The quantitative estimate of drug-likeness (QED) is 0.0222. The number of aliphatic hydroxyl groups is 1. The Balaban J connectivity index is 5.23. The van der Waals surface area contributed by atoms with Gasteiger partial charge in [0.15, 0.2) is 12.2 Å². The fourth-order valence-corrected chi connectivity index (χ4v) is 14.5. The molecule has 102 heavy (non-hydrogen) atoms. The molecule has 0 aliphatic rings. The maximum atomic E-state index is 13.1. The zero-order chi connectivity index (χ0) is 74.8. The molecule has 0 rings (SSSR count). The van der Waals surface area contributed by atoms with Gasteiger partial charge in [-0.1, -0.05) is 394 Å². The Kier molecular flexibility index (Phi) is 74.4. The molecule has 17 nitrogen and oxygen atoms in total. The van der Waals surface area contributed by atoms with E-state index in [1.807, 2.05) is 0 Å². The van der Waals surface area contributed by atoms with E-state index >= 15 is 0 Å². The Labute approximate surface area is 626 Å². The Hall–Kier alpha value is -1.94. The van der Waals surface area contributed by atoms with Crippen LogP contribution in [0.3, 0.4) is 0 Å². The smallest absolute Gasteiger partial charge is 0.462 e. The van der Waals surface area contributed by atoms with Gasteiger partial charge >= 0.3 is 39.5 Å². The van der Waals surface area contributed by atoms with Crippen molar-refractivity contribution < 1.29 is 80.2 Å². The van der Waals surface area contributed by atoms with E-state index in [-0.39, 0.29) is 25.7 Å². The van der Waals surface area contributed by atoms with E-state index < -0.39 is 97.5 Å². The van der Waals surface area contributed by atoms with Crippen LogP contribution in [0.5, 0.6) is 0 Å². The summed E-state index contributed by atoms with van der Waals surface area (Å²) in [6.07, 6.45) is 68.0. The van der Waals surface area contributed by atoms with Crippen LogP contribution in [0, 0.1) is 5.92 Å². The molecule has 3 N–H and O–H groups in total. The molecule has 606 valence electrons. The molecule has 0 amide bonds. The van der Waals surface area contributed by atoms with Crippen molar-refractivity contribution in [3.05, 3.63) is 0 Å². The number of ether oxygens (including phenoxy) is 4. The number of phosphoric ester groups is 2. The Morgan fingerprint density at radius 1 is 0.265 bits per heavy atom. The summed E-state index contributed by atoms with van der Waals surface area (Å²) in [5.41, 5.74) is 0. The molecule has 0 heterocycles. The van der Waals surface area contributed by atoms with E-state index in [1.165, 1.54) is 270 Å². The van der Waals surface area contributed by atoms with Crippen LogP contribution >= 0.6 is 15.6 Å². The molecule has 0 spiro atoms. The van der Waals surface area contributed by atoms with Crippen LogP contribution in [-0.4, -0.2) is 96.7 Å². The highest BCUT2D eigenvalue weighted by Gasteiger charge is 2.30. The summed E-state index contributed by atoms with van der Waals surface area (Å²) < 4.78 is 68.8. The first kappa shape index (κ1) is 100. The van der Waals surface area contributed by atoms with Gasteiger partial charge in [0, 0.05) is 25.7 Å². The summed E-state index contributed by atoms with van der Waals surface area (Å²) in [5, 5.41) is 10.7. The third-order valence-corrected chi connectivity index (χ3v) is 21.4. The van der Waals surface area contributed by atoms with Crippen LogP contribution in [0.15, 0.2) is 0 Å². The van der Waals surface area contributed by atoms with E-state index in [2.05, 4.69) is 34.6 Å². The Morgan fingerprint density at radius 2 is 0.451 bits per heavy atom. The van der Waals surface area contributed by atoms with Gasteiger partial charge in [0.25, 0.3) is 0 Å². The molecule has 0 fully saturated rings. The minimum Gasteiger partial charge on any atom is -0.462 e. The maximum absolute atomic E-state index is 13.1. The van der Waals surface area contributed by atoms with E-state index in [1.54, 1.807) is 0 Å². The lowest BCUT2D eigenvalue weighted by Gasteiger charge is -2.21. The SMILES string of the molecule is CCCCCCCCCCCCCCCCCCCCCCCC(=O)O[C@H](COC(=O)CCCCCCCCCCCCCCCCCC)COP(=O)(O)OC[C@@H](O)COP(=O)(O)OC[C@@H](COC(=O)CCCCCCCCCCCCCC)OC(=O)CCCCCCCCCCCCC(C)C. The highest BCUT2D eigenvalue weighted by molar-refractivity contribution is 7.47. The second kappa shape index (κ2) is 75.9. The molecule has 0 aliphatic carbocycles. The van der Waals surface area contributed by atoms with E-state index in [4.69, 9.17) is 37.0 Å². The summed E-state index contributed by atoms with van der Waals surface area (Å²) in [7, 11) is -9.92. The second-order valence-corrected chi connectivity index (χ2v) is 33.3. The summed E-state index contributed by atoms with van der Waals surface area (Å²) in [5.74, 6) is -1.35. The average molecular weight is 1490 g/mol. The molecule has 0 saturated carbocycles. The first-order valence-electron chi connectivity index (χ1n) is 43.1. The molecular formula is C83H162O17P2. The molecule has 0 bridgehead atoms. The number of rotatable bonds is 83. The molecule has 0 radical (unpaired) electrons. The van der Waals surface area contributed by atoms with Gasteiger partial charge in [0.1, 0.15) is 19.3 Å². The van der Waals surface area contributed by atoms with Gasteiger partial charge in [0.2, 0.25) is 0 Å². The van der Waals surface area contributed by atoms with Crippen LogP contribution in [0.1, 0.15) is 446 Å². The predicted octanol–water partition coefficient (Wildman–Crippen LogP) is 25.2. The van der Waals surface area contributed by atoms with Gasteiger partial charge in [-0.3, -0.25) is 37.3 Å². The van der Waals surface area contributed by atoms with Crippen LogP contribution < -0.4 is 0 Å². The molecule has 0 aliphatic heterocycles. The van der Waals surface area contributed by atoms with Gasteiger partial charge < -0.3 is 33.8 Å². The average Bonchev–Trinajstić information content (AvgIpc) is 0.920. The van der Waals surface area contributed by atoms with Crippen LogP contribution in [-0.2, 0) is 65.4 Å². The monoisotopic (exact) mass is 1490 g/mol. The number of aliphatic hydroxyl groups excluding tert-OH is 1. The van der Waals surface area contributed by atoms with Crippen molar-refractivity contribution in [2.45, 2.75) is 464 Å². The molecule has 5 atom stereocenters. The molecule has 0 aromatic heterocycles. The van der Waals surface area contributed by atoms with Crippen molar-refractivity contribution in [3.8, 4) is 0 Å². The fraction of sp³-hybridized carbons (Fsp3) is 0.952. The number of phosphoric acid groups is 2. The maximum Gasteiger partial charge on any atom is 0.472 e. The highest BCUT2D eigenvalue weighted by atomic mass is 31.2. The number of hydrogen-bond donors (Lipinski definition) is 3. The first-order valence-corrected chi connectivity index (χ1v) is 46.1. The number of esters is 4. The highest BCUT2D eigenvalue weighted by Crippen LogP contribution is 2.45. The van der Waals surface area contributed by atoms with Gasteiger partial charge in [-0.05, 0) is 31.6 Å². The Bertz CT molecular complexity index is 1940. The lowest BCUT2D eigenvalue weighted by Crippen LogP contribution is -2.30. The van der Waals surface area contributed by atoms with E-state index in [0.29, 0.717) is 25.7 Å². The van der Waals surface area contributed by atoms with Crippen molar-refractivity contribution in [3.63, 3.8) is 0 Å². The molecule has 0 saturated heterocycles. The van der Waals surface area contributed by atoms with Crippen molar-refractivity contribution in [2.24, 2.45) is 5.92 Å². The number of unbranched alkanes of at least 4 members (excludes halogenated alkanes) is 55. The standard InChI is InChI=1S/C83H162O17P2/c1-6-9-12-15-18-21-24-27-29-31-32-33-34-35-37-39-42-48-53-58-63-68-82(87)99-78(72-94-81(86)67-62-57-52-47-41-38-36-30-28-25-22-19-16-13-10-7-2)74-97-101(89,90)95-70-77(84)71-96-102(91,92)98-75-79(73-93-80(85)66-61-56-51-46-40-26-23-20-17-14-11-8-3)100-83(88)69-64-59-54-49-44-43-45-50-55-60-65-76(4)5/h76-79,84H,6-75H2,1-5H3,(H,89,90)(H,91,92)/t77-,78-,79-/m1/s1. The lowest BCUT2D eigenvalue weighted by atomic mass is 10.0. The summed E-state index contributed by atoms with van der Waals surface area (Å²) >= 11 is 0. The van der Waals surface area contributed by atoms with Crippen molar-refractivity contribution in [1.82, 2.24) is 0 Å². The van der Waals surface area contributed by atoms with Crippen LogP contribution in [0.2, 0.25) is 0 Å². The molecule has 0 aromatic carbocycles. The second-order valence-electron chi connectivity index (χ2n) is 30.3.